The molecule has 4 heteroatoms. The molecule has 0 fully saturated rings. The Balaban J connectivity index is 1.89. The number of para-hydroxylation sites is 2. The van der Waals surface area contributed by atoms with Crippen molar-refractivity contribution >= 4 is 45.2 Å². The smallest absolute Gasteiger partial charge is 0.210 e. The van der Waals surface area contributed by atoms with E-state index in [2.05, 4.69) is 10.3 Å². The Labute approximate surface area is 137 Å². The van der Waals surface area contributed by atoms with Gasteiger partial charge in [0.05, 0.1) is 16.8 Å². The van der Waals surface area contributed by atoms with E-state index < -0.39 is 0 Å². The molecule has 4 nitrogen and oxygen atoms in total. The van der Waals surface area contributed by atoms with Crippen molar-refractivity contribution in [1.82, 2.24) is 0 Å². The summed E-state index contributed by atoms with van der Waals surface area (Å²) in [6.45, 7) is 0. The quantitative estimate of drug-likeness (QED) is 0.420. The first-order chi connectivity index (χ1) is 11.8. The normalized spacial score (nSPS) is 12.5. The molecule has 1 aromatic heterocycles. The highest BCUT2D eigenvalue weighted by Gasteiger charge is 2.18. The number of fused-ring (bicyclic) bond motifs is 5. The Bertz CT molecular complexity index is 1210. The molecule has 1 N–H and O–H groups in total. The third kappa shape index (κ3) is 1.80. The molecule has 0 atom stereocenters. The van der Waals surface area contributed by atoms with E-state index in [1.54, 1.807) is 6.21 Å². The summed E-state index contributed by atoms with van der Waals surface area (Å²) in [5, 5.41) is 5.68. The average molecular weight is 312 g/mol. The van der Waals surface area contributed by atoms with E-state index in [9.17, 15) is 4.79 Å². The predicted molar refractivity (Wildman–Crippen MR) is 97.0 cm³/mol. The number of nitrogens with zero attached hydrogens (tertiary/aromatic N) is 1. The third-order valence-corrected chi connectivity index (χ3v) is 4.30. The molecule has 0 radical (unpaired) electrons. The van der Waals surface area contributed by atoms with E-state index in [0.29, 0.717) is 22.4 Å². The number of benzene rings is 3. The average Bonchev–Trinajstić information content (AvgIpc) is 2.80. The fourth-order valence-electron chi connectivity index (χ4n) is 3.13. The van der Waals surface area contributed by atoms with Crippen LogP contribution in [0, 0.1) is 0 Å². The molecule has 0 bridgehead atoms. The standard InChI is InChI=1S/C20H12N2O2/c23-19-14-11-21-15-7-3-4-8-16(15)22-20(14)24-17-10-9-12-5-1-2-6-13(12)18(17)19/h1-11,22H. The van der Waals surface area contributed by atoms with Gasteiger partial charge in [0, 0.05) is 6.21 Å². The summed E-state index contributed by atoms with van der Waals surface area (Å²) in [7, 11) is 0. The van der Waals surface area contributed by atoms with Crippen molar-refractivity contribution in [2.75, 3.05) is 5.32 Å². The molecular formula is C20H12N2O2. The Morgan fingerprint density at radius 2 is 1.75 bits per heavy atom. The van der Waals surface area contributed by atoms with Crippen LogP contribution >= 0.6 is 0 Å². The highest BCUT2D eigenvalue weighted by atomic mass is 16.3. The molecule has 0 unspecified atom stereocenters. The second-order valence-corrected chi connectivity index (χ2v) is 5.73. The number of anilines is 2. The van der Waals surface area contributed by atoms with Crippen LogP contribution in [0.1, 0.15) is 5.56 Å². The van der Waals surface area contributed by atoms with Crippen molar-refractivity contribution in [2.24, 2.45) is 4.99 Å². The summed E-state index contributed by atoms with van der Waals surface area (Å²) in [6.07, 6.45) is 1.58. The Morgan fingerprint density at radius 3 is 2.71 bits per heavy atom. The first kappa shape index (κ1) is 13.1. The van der Waals surface area contributed by atoms with Gasteiger partial charge in [0.2, 0.25) is 11.3 Å². The molecule has 4 aromatic rings. The van der Waals surface area contributed by atoms with Crippen LogP contribution in [0.3, 0.4) is 0 Å². The lowest BCUT2D eigenvalue weighted by molar-refractivity contribution is 0.622. The molecule has 2 heterocycles. The van der Waals surface area contributed by atoms with Gasteiger partial charge >= 0.3 is 0 Å². The molecule has 5 rings (SSSR count). The van der Waals surface area contributed by atoms with Crippen molar-refractivity contribution in [2.45, 2.75) is 0 Å². The minimum absolute atomic E-state index is 0.0768. The molecule has 0 saturated carbocycles. The molecule has 0 saturated heterocycles. The van der Waals surface area contributed by atoms with Gasteiger partial charge < -0.3 is 9.73 Å². The largest absolute Gasteiger partial charge is 0.439 e. The van der Waals surface area contributed by atoms with E-state index in [1.165, 1.54) is 0 Å². The molecule has 0 spiro atoms. The summed E-state index contributed by atoms with van der Waals surface area (Å²) in [5.41, 5.74) is 2.52. The number of nitrogens with one attached hydrogen (secondary N) is 1. The van der Waals surface area contributed by atoms with Crippen molar-refractivity contribution in [3.63, 3.8) is 0 Å². The maximum atomic E-state index is 13.1. The SMILES string of the molecule is O=c1c2c(oc3ccc4ccccc4c13)Nc1ccccc1N=C2. The lowest BCUT2D eigenvalue weighted by Gasteiger charge is -2.09. The van der Waals surface area contributed by atoms with Crippen LogP contribution < -0.4 is 10.7 Å². The summed E-state index contributed by atoms with van der Waals surface area (Å²) >= 11 is 0. The van der Waals surface area contributed by atoms with Crippen LogP contribution in [0.2, 0.25) is 0 Å². The zero-order valence-electron chi connectivity index (χ0n) is 12.6. The lowest BCUT2D eigenvalue weighted by atomic mass is 10.0. The monoisotopic (exact) mass is 312 g/mol. The van der Waals surface area contributed by atoms with Gasteiger partial charge in [0.1, 0.15) is 11.1 Å². The van der Waals surface area contributed by atoms with Crippen LogP contribution in [0.4, 0.5) is 17.3 Å². The fraction of sp³-hybridized carbons (Fsp3) is 0. The number of rotatable bonds is 0. The van der Waals surface area contributed by atoms with Crippen molar-refractivity contribution < 1.29 is 4.42 Å². The second kappa shape index (κ2) is 4.80. The van der Waals surface area contributed by atoms with Gasteiger partial charge in [-0.25, -0.2) is 0 Å². The molecule has 3 aromatic carbocycles. The summed E-state index contributed by atoms with van der Waals surface area (Å²) < 4.78 is 6.01. The van der Waals surface area contributed by atoms with Crippen molar-refractivity contribution in [1.29, 1.82) is 0 Å². The first-order valence-corrected chi connectivity index (χ1v) is 7.70. The van der Waals surface area contributed by atoms with Gasteiger partial charge in [-0.2, -0.15) is 0 Å². The summed E-state index contributed by atoms with van der Waals surface area (Å²) in [5.74, 6) is 0.427. The number of hydrogen-bond donors (Lipinski definition) is 1. The Morgan fingerprint density at radius 1 is 0.917 bits per heavy atom. The van der Waals surface area contributed by atoms with Crippen molar-refractivity contribution in [3.8, 4) is 0 Å². The van der Waals surface area contributed by atoms with Gasteiger partial charge in [-0.3, -0.25) is 9.79 Å². The number of aliphatic imine (C=N–C) groups is 1. The van der Waals surface area contributed by atoms with Gasteiger partial charge in [-0.1, -0.05) is 42.5 Å². The summed E-state index contributed by atoms with van der Waals surface area (Å²) in [4.78, 5) is 17.5. The molecule has 114 valence electrons. The van der Waals surface area contributed by atoms with Gasteiger partial charge in [-0.15, -0.1) is 0 Å². The molecule has 1 aliphatic rings. The molecular weight excluding hydrogens is 300 g/mol. The zero-order valence-corrected chi connectivity index (χ0v) is 12.6. The Kier molecular flexibility index (Phi) is 2.61. The molecule has 24 heavy (non-hydrogen) atoms. The maximum Gasteiger partial charge on any atom is 0.210 e. The second-order valence-electron chi connectivity index (χ2n) is 5.73. The van der Waals surface area contributed by atoms with Crippen LogP contribution in [-0.2, 0) is 0 Å². The predicted octanol–water partition coefficient (Wildman–Crippen LogP) is 4.75. The highest BCUT2D eigenvalue weighted by molar-refractivity contribution is 6.08. The van der Waals surface area contributed by atoms with Crippen LogP contribution in [-0.4, -0.2) is 6.21 Å². The van der Waals surface area contributed by atoms with Crippen molar-refractivity contribution in [3.05, 3.63) is 76.5 Å². The third-order valence-electron chi connectivity index (χ3n) is 4.30. The van der Waals surface area contributed by atoms with E-state index in [1.807, 2.05) is 60.7 Å². The van der Waals surface area contributed by atoms with Gasteiger partial charge in [0.15, 0.2) is 0 Å². The van der Waals surface area contributed by atoms with E-state index in [4.69, 9.17) is 4.42 Å². The maximum absolute atomic E-state index is 13.1. The summed E-state index contributed by atoms with van der Waals surface area (Å²) in [6, 6.07) is 19.2. The number of hydrogen-bond acceptors (Lipinski definition) is 4. The van der Waals surface area contributed by atoms with Gasteiger partial charge in [-0.05, 0) is 29.0 Å². The van der Waals surface area contributed by atoms with Crippen LogP contribution in [0.25, 0.3) is 21.7 Å². The van der Waals surface area contributed by atoms with E-state index in [-0.39, 0.29) is 5.43 Å². The molecule has 0 aliphatic carbocycles. The lowest BCUT2D eigenvalue weighted by Crippen LogP contribution is -2.11. The molecule has 0 amide bonds. The van der Waals surface area contributed by atoms with E-state index in [0.717, 1.165) is 22.1 Å². The topological polar surface area (TPSA) is 54.6 Å². The first-order valence-electron chi connectivity index (χ1n) is 7.70. The highest BCUT2D eigenvalue weighted by Crippen LogP contribution is 2.33. The minimum Gasteiger partial charge on any atom is -0.439 e. The molecule has 1 aliphatic heterocycles. The minimum atomic E-state index is -0.0768. The Hall–Kier alpha value is -3.40. The van der Waals surface area contributed by atoms with E-state index >= 15 is 0 Å². The fourth-order valence-corrected chi connectivity index (χ4v) is 3.13. The van der Waals surface area contributed by atoms with Crippen LogP contribution in [0.15, 0.2) is 74.9 Å². The zero-order chi connectivity index (χ0) is 16.1. The van der Waals surface area contributed by atoms with Crippen LogP contribution in [0.5, 0.6) is 0 Å². The van der Waals surface area contributed by atoms with Gasteiger partial charge in [0.25, 0.3) is 0 Å².